The van der Waals surface area contributed by atoms with Crippen LogP contribution < -0.4 is 15.2 Å². The number of aliphatic hydroxyl groups excluding tert-OH is 1. The minimum absolute atomic E-state index is 0.0286. The van der Waals surface area contributed by atoms with Crippen molar-refractivity contribution in [1.82, 2.24) is 10.4 Å². The van der Waals surface area contributed by atoms with Gasteiger partial charge >= 0.3 is 11.1 Å². The van der Waals surface area contributed by atoms with Gasteiger partial charge in [-0.15, -0.1) is 0 Å². The van der Waals surface area contributed by atoms with Crippen LogP contribution in [0, 0.1) is 21.7 Å². The minimum atomic E-state index is -0.890. The third-order valence-electron chi connectivity index (χ3n) is 5.21. The lowest BCUT2D eigenvalue weighted by atomic mass is 10.2. The van der Waals surface area contributed by atoms with Gasteiger partial charge in [0.25, 0.3) is 5.91 Å². The second-order valence-corrected chi connectivity index (χ2v) is 8.37. The zero-order valence-electron chi connectivity index (χ0n) is 17.1. The molecule has 2 fully saturated rings. The highest BCUT2D eigenvalue weighted by molar-refractivity contribution is 7.17. The third kappa shape index (κ3) is 4.58. The van der Waals surface area contributed by atoms with E-state index >= 15 is 0 Å². The monoisotopic (exact) mass is 483 g/mol. The van der Waals surface area contributed by atoms with Crippen LogP contribution in [-0.4, -0.2) is 72.5 Å². The molecule has 1 aromatic carbocycles. The van der Waals surface area contributed by atoms with Crippen molar-refractivity contribution in [1.29, 1.82) is 0 Å². The summed E-state index contributed by atoms with van der Waals surface area (Å²) in [5.41, 5.74) is 2.54. The molecule has 3 heterocycles. The summed E-state index contributed by atoms with van der Waals surface area (Å²) < 4.78 is 34.7. The SMILES string of the molecule is O=C(c1ccc([N+](=O)[O-])s1)N1CCN(c2c(F)cc(N3CC(CO)OC3=O)cc2F)CCN1. The van der Waals surface area contributed by atoms with Gasteiger partial charge in [0, 0.05) is 37.8 Å². The Morgan fingerprint density at radius 2 is 2.00 bits per heavy atom. The molecule has 33 heavy (non-hydrogen) atoms. The summed E-state index contributed by atoms with van der Waals surface area (Å²) in [4.78, 5) is 37.5. The van der Waals surface area contributed by atoms with E-state index in [0.29, 0.717) is 0 Å². The van der Waals surface area contributed by atoms with Crippen LogP contribution in [0.5, 0.6) is 0 Å². The number of cyclic esters (lactones) is 1. The molecule has 2 saturated heterocycles. The van der Waals surface area contributed by atoms with E-state index in [2.05, 4.69) is 5.43 Å². The number of rotatable bonds is 5. The first-order valence-corrected chi connectivity index (χ1v) is 10.7. The van der Waals surface area contributed by atoms with Gasteiger partial charge in [-0.1, -0.05) is 11.3 Å². The van der Waals surface area contributed by atoms with Crippen molar-refractivity contribution in [2.24, 2.45) is 0 Å². The standard InChI is InChI=1S/C19H19F2N5O6S/c20-13-7-11(24-9-12(10-27)32-19(24)29)8-14(21)17(13)23-4-3-22-25(6-5-23)18(28)15-1-2-16(33-15)26(30)31/h1-2,7-8,12,22,27H,3-6,9-10H2. The molecule has 0 aliphatic carbocycles. The molecule has 0 saturated carbocycles. The van der Waals surface area contributed by atoms with E-state index in [-0.39, 0.29) is 54.0 Å². The van der Waals surface area contributed by atoms with Gasteiger partial charge in [-0.2, -0.15) is 0 Å². The molecule has 14 heteroatoms. The summed E-state index contributed by atoms with van der Waals surface area (Å²) in [7, 11) is 0. The number of nitro groups is 1. The molecular formula is C19H19F2N5O6S. The number of thiophene rings is 1. The van der Waals surface area contributed by atoms with E-state index in [4.69, 9.17) is 9.84 Å². The van der Waals surface area contributed by atoms with Crippen LogP contribution in [0.3, 0.4) is 0 Å². The molecule has 2 aliphatic rings. The number of nitrogens with one attached hydrogen (secondary N) is 1. The minimum Gasteiger partial charge on any atom is -0.441 e. The number of nitrogens with zero attached hydrogens (tertiary/aromatic N) is 4. The number of amides is 2. The van der Waals surface area contributed by atoms with Crippen molar-refractivity contribution < 1.29 is 33.1 Å². The molecule has 1 unspecified atom stereocenters. The zero-order valence-corrected chi connectivity index (χ0v) is 17.9. The van der Waals surface area contributed by atoms with Gasteiger partial charge in [0.05, 0.1) is 30.3 Å². The Balaban J connectivity index is 1.48. The largest absolute Gasteiger partial charge is 0.441 e. The predicted molar refractivity (Wildman–Crippen MR) is 113 cm³/mol. The number of halogens is 2. The van der Waals surface area contributed by atoms with Crippen LogP contribution >= 0.6 is 11.3 Å². The maximum atomic E-state index is 14.9. The number of hydrogen-bond donors (Lipinski definition) is 2. The molecule has 0 spiro atoms. The first kappa shape index (κ1) is 22.8. The summed E-state index contributed by atoms with van der Waals surface area (Å²) in [5, 5.41) is 21.1. The normalized spacial score (nSPS) is 18.9. The number of benzene rings is 1. The molecule has 11 nitrogen and oxygen atoms in total. The number of aliphatic hydroxyl groups is 1. The van der Waals surface area contributed by atoms with Gasteiger partial charge in [0.15, 0.2) is 11.6 Å². The second-order valence-electron chi connectivity index (χ2n) is 7.30. The summed E-state index contributed by atoms with van der Waals surface area (Å²) in [6.45, 7) is 0.106. The molecule has 2 aromatic rings. The summed E-state index contributed by atoms with van der Waals surface area (Å²) in [5.74, 6) is -2.25. The molecule has 1 aromatic heterocycles. The fraction of sp³-hybridized carbons (Fsp3) is 0.368. The molecule has 176 valence electrons. The number of carbonyl (C=O) groups is 2. The van der Waals surface area contributed by atoms with Gasteiger partial charge in [-0.3, -0.25) is 24.8 Å². The van der Waals surface area contributed by atoms with Crippen molar-refractivity contribution in [3.8, 4) is 0 Å². The Bertz CT molecular complexity index is 1080. The molecule has 0 bridgehead atoms. The van der Waals surface area contributed by atoms with Crippen LogP contribution in [-0.2, 0) is 4.74 Å². The highest BCUT2D eigenvalue weighted by Gasteiger charge is 2.33. The highest BCUT2D eigenvalue weighted by atomic mass is 32.1. The van der Waals surface area contributed by atoms with Crippen molar-refractivity contribution in [2.45, 2.75) is 6.10 Å². The molecule has 4 rings (SSSR count). The number of carbonyl (C=O) groups excluding carboxylic acids is 2. The van der Waals surface area contributed by atoms with Crippen molar-refractivity contribution in [3.05, 3.63) is 50.9 Å². The quantitative estimate of drug-likeness (QED) is 0.486. The van der Waals surface area contributed by atoms with Crippen LogP contribution in [0.15, 0.2) is 24.3 Å². The van der Waals surface area contributed by atoms with Gasteiger partial charge in [-0.05, 0) is 6.07 Å². The van der Waals surface area contributed by atoms with Gasteiger partial charge in [-0.25, -0.2) is 19.0 Å². The lowest BCUT2D eigenvalue weighted by Crippen LogP contribution is -2.43. The summed E-state index contributed by atoms with van der Waals surface area (Å²) in [6.07, 6.45) is -1.57. The van der Waals surface area contributed by atoms with Crippen molar-refractivity contribution in [3.63, 3.8) is 0 Å². The smallest absolute Gasteiger partial charge is 0.414 e. The maximum Gasteiger partial charge on any atom is 0.414 e. The number of hydrazine groups is 1. The zero-order chi connectivity index (χ0) is 23.7. The van der Waals surface area contributed by atoms with Gasteiger partial charge in [0.1, 0.15) is 16.7 Å². The summed E-state index contributed by atoms with van der Waals surface area (Å²) >= 11 is 0.745. The lowest BCUT2D eigenvalue weighted by Gasteiger charge is -2.25. The van der Waals surface area contributed by atoms with E-state index < -0.39 is 41.3 Å². The first-order chi connectivity index (χ1) is 15.8. The molecular weight excluding hydrogens is 464 g/mol. The Morgan fingerprint density at radius 3 is 2.61 bits per heavy atom. The van der Waals surface area contributed by atoms with Crippen LogP contribution in [0.1, 0.15) is 9.67 Å². The maximum absolute atomic E-state index is 14.9. The molecule has 2 N–H and O–H groups in total. The summed E-state index contributed by atoms with van der Waals surface area (Å²) in [6, 6.07) is 4.64. The molecule has 2 aliphatic heterocycles. The third-order valence-corrected chi connectivity index (χ3v) is 6.24. The second kappa shape index (κ2) is 9.25. The van der Waals surface area contributed by atoms with E-state index in [1.54, 1.807) is 0 Å². The fourth-order valence-corrected chi connectivity index (χ4v) is 4.41. The number of anilines is 2. The Kier molecular flexibility index (Phi) is 6.40. The number of hydrogen-bond acceptors (Lipinski definition) is 9. The van der Waals surface area contributed by atoms with Crippen LogP contribution in [0.2, 0.25) is 0 Å². The lowest BCUT2D eigenvalue weighted by molar-refractivity contribution is -0.380. The highest BCUT2D eigenvalue weighted by Crippen LogP contribution is 2.31. The molecule has 1 atom stereocenters. The topological polar surface area (TPSA) is 128 Å². The van der Waals surface area contributed by atoms with Crippen LogP contribution in [0.25, 0.3) is 0 Å². The molecule has 2 amide bonds. The van der Waals surface area contributed by atoms with Crippen molar-refractivity contribution in [2.75, 3.05) is 49.1 Å². The van der Waals surface area contributed by atoms with Crippen LogP contribution in [0.4, 0.5) is 30.0 Å². The average molecular weight is 483 g/mol. The average Bonchev–Trinajstić information content (AvgIpc) is 3.34. The van der Waals surface area contributed by atoms with Crippen molar-refractivity contribution >= 4 is 39.7 Å². The first-order valence-electron chi connectivity index (χ1n) is 9.91. The molecule has 0 radical (unpaired) electrons. The van der Waals surface area contributed by atoms with E-state index in [0.717, 1.165) is 28.4 Å². The predicted octanol–water partition coefficient (Wildman–Crippen LogP) is 1.72. The van der Waals surface area contributed by atoms with Gasteiger partial charge < -0.3 is 14.7 Å². The fourth-order valence-electron chi connectivity index (χ4n) is 3.64. The Labute approximate surface area is 189 Å². The Morgan fingerprint density at radius 1 is 1.27 bits per heavy atom. The van der Waals surface area contributed by atoms with E-state index in [1.165, 1.54) is 22.0 Å². The van der Waals surface area contributed by atoms with E-state index in [1.807, 2.05) is 0 Å². The number of ether oxygens (including phenoxy) is 1. The Hall–Kier alpha value is -3.36. The van der Waals surface area contributed by atoms with E-state index in [9.17, 15) is 28.5 Å². The van der Waals surface area contributed by atoms with Gasteiger partial charge in [0.2, 0.25) is 0 Å².